The average molecular weight is 585 g/mol. The summed E-state index contributed by atoms with van der Waals surface area (Å²) < 4.78 is 28.8. The lowest BCUT2D eigenvalue weighted by molar-refractivity contribution is -0.140. The Hall–Kier alpha value is -3.40. The minimum atomic E-state index is -4.03. The molecule has 8 nitrogen and oxygen atoms in total. The number of hydrogen-bond donors (Lipinski definition) is 1. The lowest BCUT2D eigenvalue weighted by atomic mass is 10.0. The van der Waals surface area contributed by atoms with Gasteiger partial charge >= 0.3 is 10.2 Å². The minimum Gasteiger partial charge on any atom is -0.354 e. The molecule has 0 saturated carbocycles. The van der Waals surface area contributed by atoms with Crippen LogP contribution in [-0.2, 0) is 32.8 Å². The van der Waals surface area contributed by atoms with Gasteiger partial charge in [0.2, 0.25) is 11.8 Å². The highest BCUT2D eigenvalue weighted by molar-refractivity contribution is 7.90. The largest absolute Gasteiger partial charge is 0.354 e. The van der Waals surface area contributed by atoms with E-state index in [4.69, 9.17) is 11.6 Å². The van der Waals surface area contributed by atoms with Crippen molar-refractivity contribution >= 4 is 39.3 Å². The summed E-state index contributed by atoms with van der Waals surface area (Å²) in [6, 6.07) is 24.1. The molecule has 3 aromatic rings. The normalized spacial score (nSPS) is 12.1. The summed E-state index contributed by atoms with van der Waals surface area (Å²) >= 11 is 6.48. The van der Waals surface area contributed by atoms with Crippen molar-refractivity contribution < 1.29 is 18.0 Å². The quantitative estimate of drug-likeness (QED) is 0.282. The standard InChI is InChI=1S/C30H37ClN4O4S/c1-4-5-20-32-30(37)28(21-24-14-8-6-9-15-24)34(22-25-16-12-13-19-27(25)31)29(36)23-35(40(38,39)33(2)3)26-17-10-7-11-18-26/h6-19,28H,4-5,20-23H2,1-3H3,(H,32,37). The molecule has 3 aromatic carbocycles. The third kappa shape index (κ3) is 8.30. The Morgan fingerprint density at radius 2 is 1.50 bits per heavy atom. The van der Waals surface area contributed by atoms with Crippen LogP contribution in [0.5, 0.6) is 0 Å². The van der Waals surface area contributed by atoms with Crippen LogP contribution >= 0.6 is 11.6 Å². The number of unbranched alkanes of at least 4 members (excludes halogenated alkanes) is 1. The summed E-state index contributed by atoms with van der Waals surface area (Å²) in [5.41, 5.74) is 1.86. The number of carbonyl (C=O) groups is 2. The molecule has 1 unspecified atom stereocenters. The Kier molecular flexibility index (Phi) is 11.5. The molecule has 0 saturated heterocycles. The summed E-state index contributed by atoms with van der Waals surface area (Å²) in [6.07, 6.45) is 1.95. The van der Waals surface area contributed by atoms with Gasteiger partial charge in [0, 0.05) is 38.6 Å². The van der Waals surface area contributed by atoms with Gasteiger partial charge in [0.05, 0.1) is 5.69 Å². The first-order valence-electron chi connectivity index (χ1n) is 13.2. The highest BCUT2D eigenvalue weighted by Crippen LogP contribution is 2.23. The summed E-state index contributed by atoms with van der Waals surface area (Å²) in [7, 11) is -1.20. The molecule has 1 atom stereocenters. The van der Waals surface area contributed by atoms with E-state index in [0.717, 1.165) is 27.0 Å². The fourth-order valence-corrected chi connectivity index (χ4v) is 5.43. The van der Waals surface area contributed by atoms with E-state index in [0.29, 0.717) is 22.8 Å². The van der Waals surface area contributed by atoms with Crippen molar-refractivity contribution in [2.75, 3.05) is 31.5 Å². The Morgan fingerprint density at radius 1 is 0.900 bits per heavy atom. The predicted molar refractivity (Wildman–Crippen MR) is 160 cm³/mol. The Bertz CT molecular complexity index is 1350. The molecule has 0 aliphatic rings. The van der Waals surface area contributed by atoms with Crippen LogP contribution in [0, 0.1) is 0 Å². The molecule has 0 radical (unpaired) electrons. The van der Waals surface area contributed by atoms with Crippen molar-refractivity contribution in [3.63, 3.8) is 0 Å². The van der Waals surface area contributed by atoms with Gasteiger partial charge in [-0.25, -0.2) is 4.31 Å². The Labute approximate surface area is 242 Å². The number of carbonyl (C=O) groups excluding carboxylic acids is 2. The number of amides is 2. The highest BCUT2D eigenvalue weighted by atomic mass is 35.5. The van der Waals surface area contributed by atoms with E-state index in [1.54, 1.807) is 48.5 Å². The van der Waals surface area contributed by atoms with Crippen molar-refractivity contribution in [2.24, 2.45) is 0 Å². The summed E-state index contributed by atoms with van der Waals surface area (Å²) in [5.74, 6) is -0.833. The third-order valence-corrected chi connectivity index (χ3v) is 8.65. The molecule has 214 valence electrons. The number of hydrogen-bond acceptors (Lipinski definition) is 4. The number of nitrogens with zero attached hydrogens (tertiary/aromatic N) is 3. The maximum atomic E-state index is 14.2. The van der Waals surface area contributed by atoms with Gasteiger partial charge in [0.25, 0.3) is 0 Å². The zero-order chi connectivity index (χ0) is 29.1. The monoisotopic (exact) mass is 584 g/mol. The van der Waals surface area contributed by atoms with E-state index in [9.17, 15) is 18.0 Å². The molecule has 10 heteroatoms. The average Bonchev–Trinajstić information content (AvgIpc) is 2.95. The van der Waals surface area contributed by atoms with Gasteiger partial charge < -0.3 is 10.2 Å². The van der Waals surface area contributed by atoms with Crippen LogP contribution in [0.2, 0.25) is 5.02 Å². The van der Waals surface area contributed by atoms with Gasteiger partial charge in [-0.3, -0.25) is 9.59 Å². The van der Waals surface area contributed by atoms with Gasteiger partial charge in [-0.1, -0.05) is 91.7 Å². The second-order valence-corrected chi connectivity index (χ2v) is 12.1. The minimum absolute atomic E-state index is 0.0296. The second-order valence-electron chi connectivity index (χ2n) is 9.60. The first-order chi connectivity index (χ1) is 19.1. The molecule has 0 bridgehead atoms. The third-order valence-electron chi connectivity index (χ3n) is 6.46. The van der Waals surface area contributed by atoms with Crippen LogP contribution in [0.15, 0.2) is 84.9 Å². The Morgan fingerprint density at radius 3 is 2.10 bits per heavy atom. The molecule has 0 aliphatic carbocycles. The maximum Gasteiger partial charge on any atom is 0.304 e. The van der Waals surface area contributed by atoms with Gasteiger partial charge in [-0.2, -0.15) is 12.7 Å². The number of para-hydroxylation sites is 1. The molecule has 0 heterocycles. The summed E-state index contributed by atoms with van der Waals surface area (Å²) in [5, 5.41) is 3.42. The highest BCUT2D eigenvalue weighted by Gasteiger charge is 2.34. The second kappa shape index (κ2) is 14.8. The van der Waals surface area contributed by atoms with Crippen LogP contribution in [-0.4, -0.2) is 62.7 Å². The van der Waals surface area contributed by atoms with Crippen LogP contribution in [0.3, 0.4) is 0 Å². The number of nitrogens with one attached hydrogen (secondary N) is 1. The maximum absolute atomic E-state index is 14.2. The van der Waals surface area contributed by atoms with E-state index in [-0.39, 0.29) is 18.9 Å². The lowest BCUT2D eigenvalue weighted by Gasteiger charge is -2.34. The lowest BCUT2D eigenvalue weighted by Crippen LogP contribution is -2.54. The summed E-state index contributed by atoms with van der Waals surface area (Å²) in [4.78, 5) is 29.2. The number of halogens is 1. The first kappa shape index (κ1) is 31.1. The Balaban J connectivity index is 2.06. The van der Waals surface area contributed by atoms with E-state index in [1.165, 1.54) is 19.0 Å². The van der Waals surface area contributed by atoms with Crippen molar-refractivity contribution in [2.45, 2.75) is 38.8 Å². The molecule has 3 rings (SSSR count). The molecule has 0 aliphatic heterocycles. The molecule has 0 aromatic heterocycles. The van der Waals surface area contributed by atoms with Gasteiger partial charge in [0.15, 0.2) is 0 Å². The predicted octanol–water partition coefficient (Wildman–Crippen LogP) is 4.51. The molecule has 0 fully saturated rings. The molecular weight excluding hydrogens is 548 g/mol. The van der Waals surface area contributed by atoms with Crippen molar-refractivity contribution in [3.05, 3.63) is 101 Å². The van der Waals surface area contributed by atoms with E-state index < -0.39 is 28.7 Å². The topological polar surface area (TPSA) is 90.0 Å². The molecular formula is C30H37ClN4O4S. The zero-order valence-corrected chi connectivity index (χ0v) is 24.7. The fourth-order valence-electron chi connectivity index (χ4n) is 4.18. The van der Waals surface area contributed by atoms with Crippen LogP contribution in [0.1, 0.15) is 30.9 Å². The number of benzene rings is 3. The van der Waals surface area contributed by atoms with Crippen LogP contribution in [0.25, 0.3) is 0 Å². The van der Waals surface area contributed by atoms with E-state index in [1.807, 2.05) is 43.3 Å². The fraction of sp³-hybridized carbons (Fsp3) is 0.333. The van der Waals surface area contributed by atoms with Crippen molar-refractivity contribution in [1.82, 2.24) is 14.5 Å². The van der Waals surface area contributed by atoms with Crippen LogP contribution < -0.4 is 9.62 Å². The van der Waals surface area contributed by atoms with Gasteiger partial charge in [-0.05, 0) is 35.7 Å². The van der Waals surface area contributed by atoms with Crippen molar-refractivity contribution in [1.29, 1.82) is 0 Å². The molecule has 40 heavy (non-hydrogen) atoms. The smallest absolute Gasteiger partial charge is 0.304 e. The molecule has 0 spiro atoms. The number of rotatable bonds is 14. The van der Waals surface area contributed by atoms with Gasteiger partial charge in [0.1, 0.15) is 12.6 Å². The van der Waals surface area contributed by atoms with E-state index >= 15 is 0 Å². The van der Waals surface area contributed by atoms with Crippen LogP contribution in [0.4, 0.5) is 5.69 Å². The number of anilines is 1. The van der Waals surface area contributed by atoms with Crippen molar-refractivity contribution in [3.8, 4) is 0 Å². The summed E-state index contributed by atoms with van der Waals surface area (Å²) in [6.45, 7) is 2.04. The first-order valence-corrected chi connectivity index (χ1v) is 15.0. The van der Waals surface area contributed by atoms with Gasteiger partial charge in [-0.15, -0.1) is 0 Å². The zero-order valence-electron chi connectivity index (χ0n) is 23.2. The van der Waals surface area contributed by atoms with E-state index in [2.05, 4.69) is 5.32 Å². The molecule has 1 N–H and O–H groups in total. The SMILES string of the molecule is CCCCNC(=O)C(Cc1ccccc1)N(Cc1ccccc1Cl)C(=O)CN(c1ccccc1)S(=O)(=O)N(C)C. The molecule has 2 amide bonds.